The molecule has 0 aliphatic rings. The van der Waals surface area contributed by atoms with E-state index < -0.39 is 33.8 Å². The number of nitrogens with zero attached hydrogens (tertiary/aromatic N) is 3. The summed E-state index contributed by atoms with van der Waals surface area (Å²) >= 11 is 0. The van der Waals surface area contributed by atoms with Crippen molar-refractivity contribution in [2.45, 2.75) is 19.4 Å². The first kappa shape index (κ1) is 18.0. The summed E-state index contributed by atoms with van der Waals surface area (Å²) < 4.78 is 14.2. The molecule has 0 saturated heterocycles. The fourth-order valence-electron chi connectivity index (χ4n) is 1.82. The molecular weight excluding hydrogens is 314 g/mol. The van der Waals surface area contributed by atoms with E-state index in [2.05, 4.69) is 0 Å². The van der Waals surface area contributed by atoms with Crippen molar-refractivity contribution in [2.75, 3.05) is 11.5 Å². The third-order valence-corrected chi connectivity index (χ3v) is 4.39. The molecule has 11 heteroatoms. The highest BCUT2D eigenvalue weighted by Crippen LogP contribution is 1.95. The third-order valence-electron chi connectivity index (χ3n) is 3.07. The summed E-state index contributed by atoms with van der Waals surface area (Å²) in [5.74, 6) is 4.45. The van der Waals surface area contributed by atoms with E-state index in [1.54, 1.807) is 0 Å². The van der Waals surface area contributed by atoms with E-state index in [0.29, 0.717) is 12.8 Å². The highest BCUT2D eigenvalue weighted by Gasteiger charge is 2.10. The van der Waals surface area contributed by atoms with Crippen LogP contribution >= 0.6 is 0 Å². The lowest BCUT2D eigenvalue weighted by Gasteiger charge is -2.08. The minimum absolute atomic E-state index is 0.111. The largest absolute Gasteiger partial charge is 0.336 e. The van der Waals surface area contributed by atoms with Gasteiger partial charge in [0, 0.05) is 37.2 Å². The van der Waals surface area contributed by atoms with Crippen molar-refractivity contribution < 1.29 is 9.00 Å². The molecule has 3 N–H and O–H groups in total. The normalized spacial score (nSPS) is 12.1. The summed E-state index contributed by atoms with van der Waals surface area (Å²) in [4.78, 5) is 46.2. The molecule has 0 radical (unpaired) electrons. The Morgan fingerprint density at radius 2 is 1.64 bits per heavy atom. The summed E-state index contributed by atoms with van der Waals surface area (Å²) in [5, 5.41) is 0. The number of aromatic nitrogens is 3. The van der Waals surface area contributed by atoms with Crippen LogP contribution in [0.25, 0.3) is 0 Å². The summed E-state index contributed by atoms with van der Waals surface area (Å²) in [6.45, 7) is 0.111. The van der Waals surface area contributed by atoms with Crippen LogP contribution in [-0.4, -0.2) is 35.3 Å². The number of nitrogens with one attached hydrogen (secondary N) is 1. The highest BCUT2D eigenvalue weighted by atomic mass is 32.2. The van der Waals surface area contributed by atoms with Crippen LogP contribution in [0.15, 0.2) is 14.4 Å². The second-order valence-electron chi connectivity index (χ2n) is 4.68. The van der Waals surface area contributed by atoms with Gasteiger partial charge in [-0.25, -0.2) is 33.9 Å². The first-order valence-corrected chi connectivity index (χ1v) is 7.99. The number of nitrogens with two attached hydrogens (primary N) is 1. The van der Waals surface area contributed by atoms with Crippen molar-refractivity contribution in [1.29, 1.82) is 0 Å². The number of rotatable bonds is 7. The van der Waals surface area contributed by atoms with Gasteiger partial charge in [-0.05, 0) is 12.8 Å². The van der Waals surface area contributed by atoms with E-state index in [4.69, 9.17) is 5.84 Å². The van der Waals surface area contributed by atoms with Crippen molar-refractivity contribution in [1.82, 2.24) is 19.1 Å². The van der Waals surface area contributed by atoms with Crippen molar-refractivity contribution in [3.05, 3.63) is 31.5 Å². The molecule has 0 aromatic carbocycles. The Labute approximate surface area is 128 Å². The molecule has 10 nitrogen and oxygen atoms in total. The van der Waals surface area contributed by atoms with Gasteiger partial charge in [0.25, 0.3) is 0 Å². The molecular formula is C11H19N5O5S. The molecule has 1 heterocycles. The van der Waals surface area contributed by atoms with Gasteiger partial charge >= 0.3 is 17.1 Å². The summed E-state index contributed by atoms with van der Waals surface area (Å²) in [7, 11) is 1.24. The number of carbonyl (C=O) groups excluding carboxylic acids is 1. The molecule has 22 heavy (non-hydrogen) atoms. The molecule has 1 rings (SSSR count). The van der Waals surface area contributed by atoms with Crippen LogP contribution in [0, 0.1) is 0 Å². The van der Waals surface area contributed by atoms with Gasteiger partial charge in [0.1, 0.15) is 5.75 Å². The fourth-order valence-corrected chi connectivity index (χ4v) is 2.86. The van der Waals surface area contributed by atoms with E-state index in [-0.39, 0.29) is 18.1 Å². The van der Waals surface area contributed by atoms with Gasteiger partial charge in [0.2, 0.25) is 5.91 Å². The summed E-state index contributed by atoms with van der Waals surface area (Å²) in [6, 6.07) is 0. The minimum atomic E-state index is -1.35. The molecule has 1 amide bonds. The molecule has 1 unspecified atom stereocenters. The van der Waals surface area contributed by atoms with Crippen LogP contribution in [0.2, 0.25) is 0 Å². The predicted molar refractivity (Wildman–Crippen MR) is 80.6 cm³/mol. The molecule has 0 bridgehead atoms. The highest BCUT2D eigenvalue weighted by molar-refractivity contribution is 7.85. The van der Waals surface area contributed by atoms with Gasteiger partial charge in [0.05, 0.1) is 0 Å². The Morgan fingerprint density at radius 3 is 2.14 bits per heavy atom. The Morgan fingerprint density at radius 1 is 1.09 bits per heavy atom. The molecule has 0 aliphatic heterocycles. The van der Waals surface area contributed by atoms with Crippen LogP contribution < -0.4 is 28.3 Å². The average Bonchev–Trinajstić information content (AvgIpc) is 2.50. The molecule has 0 saturated carbocycles. The van der Waals surface area contributed by atoms with Crippen LogP contribution in [0.1, 0.15) is 12.8 Å². The Bertz CT molecular complexity index is 706. The maximum atomic E-state index is 11.9. The lowest BCUT2D eigenvalue weighted by atomic mass is 10.3. The average molecular weight is 333 g/mol. The molecule has 0 aliphatic carbocycles. The standard InChI is InChI=1S/C11H19N5O5S/c1-14-9(18)15(2)11(20)16(10(14)19)5-3-4-6-22(21)7-8(17)13-12/h3-7,12H2,1-2H3,(H,13,17). The smallest absolute Gasteiger partial charge is 0.293 e. The monoisotopic (exact) mass is 333 g/mol. The van der Waals surface area contributed by atoms with Gasteiger partial charge in [-0.2, -0.15) is 0 Å². The molecule has 124 valence electrons. The van der Waals surface area contributed by atoms with E-state index in [0.717, 1.165) is 13.7 Å². The van der Waals surface area contributed by atoms with Crippen LogP contribution in [0.3, 0.4) is 0 Å². The number of hydrogen-bond acceptors (Lipinski definition) is 6. The SMILES string of the molecule is Cn1c(=O)n(C)c(=O)n(CCCCS(=O)CC(=O)NN)c1=O. The van der Waals surface area contributed by atoms with Crippen LogP contribution in [-0.2, 0) is 36.2 Å². The van der Waals surface area contributed by atoms with Crippen molar-refractivity contribution in [3.63, 3.8) is 0 Å². The van der Waals surface area contributed by atoms with Crippen molar-refractivity contribution >= 4 is 16.7 Å². The van der Waals surface area contributed by atoms with Crippen molar-refractivity contribution in [2.24, 2.45) is 19.9 Å². The second-order valence-corrected chi connectivity index (χ2v) is 6.26. The lowest BCUT2D eigenvalue weighted by molar-refractivity contribution is -0.118. The quantitative estimate of drug-likeness (QED) is 0.233. The number of unbranched alkanes of at least 4 members (excludes halogenated alkanes) is 1. The number of hydrazine groups is 1. The van der Waals surface area contributed by atoms with Gasteiger partial charge in [-0.15, -0.1) is 0 Å². The summed E-state index contributed by atoms with van der Waals surface area (Å²) in [5.41, 5.74) is -0.157. The summed E-state index contributed by atoms with van der Waals surface area (Å²) in [6.07, 6.45) is 0.881. The number of carbonyl (C=O) groups is 1. The molecule has 1 atom stereocenters. The fraction of sp³-hybridized carbons (Fsp3) is 0.636. The Hall–Kier alpha value is -2.01. The molecule has 0 spiro atoms. The second kappa shape index (κ2) is 7.84. The molecule has 1 aromatic rings. The van der Waals surface area contributed by atoms with Gasteiger partial charge in [-0.1, -0.05) is 0 Å². The number of hydrogen-bond donors (Lipinski definition) is 2. The van der Waals surface area contributed by atoms with Gasteiger partial charge in [-0.3, -0.25) is 14.4 Å². The van der Waals surface area contributed by atoms with E-state index in [1.165, 1.54) is 14.1 Å². The lowest BCUT2D eigenvalue weighted by Crippen LogP contribution is -2.52. The van der Waals surface area contributed by atoms with Gasteiger partial charge in [0.15, 0.2) is 0 Å². The predicted octanol–water partition coefficient (Wildman–Crippen LogP) is -3.24. The minimum Gasteiger partial charge on any atom is -0.293 e. The third kappa shape index (κ3) is 4.24. The number of amides is 1. The maximum Gasteiger partial charge on any atom is 0.336 e. The first-order chi connectivity index (χ1) is 10.3. The maximum absolute atomic E-state index is 11.9. The Kier molecular flexibility index (Phi) is 6.43. The van der Waals surface area contributed by atoms with Crippen LogP contribution in [0.4, 0.5) is 0 Å². The van der Waals surface area contributed by atoms with E-state index in [9.17, 15) is 23.4 Å². The zero-order valence-corrected chi connectivity index (χ0v) is 13.2. The van der Waals surface area contributed by atoms with E-state index >= 15 is 0 Å². The first-order valence-electron chi connectivity index (χ1n) is 6.51. The zero-order chi connectivity index (χ0) is 16.9. The Balaban J connectivity index is 2.66. The van der Waals surface area contributed by atoms with Gasteiger partial charge < -0.3 is 0 Å². The van der Waals surface area contributed by atoms with E-state index in [1.807, 2.05) is 5.43 Å². The van der Waals surface area contributed by atoms with Crippen LogP contribution in [0.5, 0.6) is 0 Å². The topological polar surface area (TPSA) is 138 Å². The van der Waals surface area contributed by atoms with Crippen molar-refractivity contribution in [3.8, 4) is 0 Å². The molecule has 0 fully saturated rings. The zero-order valence-electron chi connectivity index (χ0n) is 12.4. The molecule has 1 aromatic heterocycles.